The molecule has 5 nitrogen and oxygen atoms in total. The van der Waals surface area contributed by atoms with Crippen molar-refractivity contribution in [1.82, 2.24) is 4.90 Å². The van der Waals surface area contributed by atoms with Crippen LogP contribution in [0, 0.1) is 11.3 Å². The fourth-order valence-electron chi connectivity index (χ4n) is 7.49. The van der Waals surface area contributed by atoms with Gasteiger partial charge < -0.3 is 15.2 Å². The average Bonchev–Trinajstić information content (AvgIpc) is 3.13. The number of hydrogen-bond donors (Lipinski definition) is 2. The van der Waals surface area contributed by atoms with E-state index in [9.17, 15) is 9.90 Å². The molecular formula is C21H24N2O3. The molecule has 0 radical (unpaired) electrons. The van der Waals surface area contributed by atoms with E-state index in [4.69, 9.17) is 4.74 Å². The topological polar surface area (TPSA) is 61.8 Å². The minimum absolute atomic E-state index is 0.0570. The first kappa shape index (κ1) is 15.2. The van der Waals surface area contributed by atoms with Crippen LogP contribution in [0.2, 0.25) is 0 Å². The first-order chi connectivity index (χ1) is 12.6. The molecule has 2 unspecified atom stereocenters. The highest BCUT2D eigenvalue weighted by Gasteiger charge is 2.82. The molecule has 5 heteroatoms. The van der Waals surface area contributed by atoms with Crippen LogP contribution in [0.1, 0.15) is 25.3 Å². The summed E-state index contributed by atoms with van der Waals surface area (Å²) in [6, 6.07) is 8.89. The fourth-order valence-corrected chi connectivity index (χ4v) is 7.49. The van der Waals surface area contributed by atoms with Gasteiger partial charge in [0, 0.05) is 35.6 Å². The van der Waals surface area contributed by atoms with Crippen LogP contribution >= 0.6 is 0 Å². The van der Waals surface area contributed by atoms with Crippen molar-refractivity contribution in [1.29, 1.82) is 0 Å². The van der Waals surface area contributed by atoms with Gasteiger partial charge in [-0.3, -0.25) is 9.69 Å². The number of methoxy groups -OCH3 is 1. The van der Waals surface area contributed by atoms with Gasteiger partial charge in [0.1, 0.15) is 5.41 Å². The van der Waals surface area contributed by atoms with Crippen molar-refractivity contribution in [2.45, 2.75) is 49.4 Å². The number of aliphatic hydroxyl groups is 1. The Kier molecular flexibility index (Phi) is 2.65. The van der Waals surface area contributed by atoms with Gasteiger partial charge in [0.2, 0.25) is 0 Å². The summed E-state index contributed by atoms with van der Waals surface area (Å²) < 4.78 is 5.34. The van der Waals surface area contributed by atoms with E-state index in [0.717, 1.165) is 25.1 Å². The van der Waals surface area contributed by atoms with Gasteiger partial charge in [-0.2, -0.15) is 0 Å². The normalized spacial score (nSPS) is 50.5. The van der Waals surface area contributed by atoms with Crippen molar-refractivity contribution >= 4 is 11.7 Å². The maximum atomic E-state index is 13.2. The Morgan fingerprint density at radius 1 is 1.42 bits per heavy atom. The Morgan fingerprint density at radius 2 is 2.23 bits per heavy atom. The second-order valence-corrected chi connectivity index (χ2v) is 8.65. The number of aliphatic hydroxyl groups excluding tert-OH is 1. The number of hydrogen-bond acceptors (Lipinski definition) is 5. The number of carbonyl (C=O) groups excluding carboxylic acids is 1. The van der Waals surface area contributed by atoms with E-state index in [1.54, 1.807) is 0 Å². The average molecular weight is 352 g/mol. The largest absolute Gasteiger partial charge is 0.468 e. The van der Waals surface area contributed by atoms with Crippen LogP contribution in [0.15, 0.2) is 35.9 Å². The molecule has 6 aliphatic rings. The van der Waals surface area contributed by atoms with Crippen LogP contribution in [0.5, 0.6) is 0 Å². The summed E-state index contributed by atoms with van der Waals surface area (Å²) in [6.45, 7) is 2.96. The number of esters is 1. The van der Waals surface area contributed by atoms with Crippen molar-refractivity contribution in [3.8, 4) is 0 Å². The number of piperidine rings is 4. The highest BCUT2D eigenvalue weighted by atomic mass is 16.5. The summed E-state index contributed by atoms with van der Waals surface area (Å²) >= 11 is 0. The summed E-state index contributed by atoms with van der Waals surface area (Å²) in [6.07, 6.45) is 3.15. The standard InChI is InChI=1S/C21H24N2O3/c1-3-11-10-23-15-8-13(11)21(19(25)26-2)16(23)9-20(18(21)24)12-6-4-5-7-14(12)22-17(15)20/h3-7,13,15-18,22,24H,8-10H2,1-2H3/b11-3-/t13?,15-,16-,17+,18-,20+,21+/m0/s1. The number of carbonyl (C=O) groups is 1. The van der Waals surface area contributed by atoms with Crippen LogP contribution in [-0.4, -0.2) is 53.9 Å². The van der Waals surface area contributed by atoms with E-state index in [1.165, 1.54) is 18.2 Å². The SMILES string of the molecule is C/C=C1/CN2[C@H]3C[C@@]45c6ccccc6N[C@@H]4[C@@H]2CC1[C@]3(C(=O)OC)[C@H]5O. The van der Waals surface area contributed by atoms with Gasteiger partial charge in [0.05, 0.1) is 19.3 Å². The second-order valence-electron chi connectivity index (χ2n) is 8.65. The minimum atomic E-state index is -0.848. The van der Waals surface area contributed by atoms with E-state index in [2.05, 4.69) is 35.3 Å². The quantitative estimate of drug-likeness (QED) is 0.595. The number of benzene rings is 1. The van der Waals surface area contributed by atoms with E-state index in [0.29, 0.717) is 6.04 Å². The molecule has 2 N–H and O–H groups in total. The van der Waals surface area contributed by atoms with E-state index in [1.807, 2.05) is 12.1 Å². The molecule has 1 aliphatic carbocycles. The summed E-state index contributed by atoms with van der Waals surface area (Å²) in [5.74, 6) is -0.154. The lowest BCUT2D eigenvalue weighted by molar-refractivity contribution is -0.179. The van der Waals surface area contributed by atoms with E-state index >= 15 is 0 Å². The Labute approximate surface area is 153 Å². The van der Waals surface area contributed by atoms with Gasteiger partial charge in [-0.25, -0.2) is 0 Å². The van der Waals surface area contributed by atoms with Crippen LogP contribution in [0.3, 0.4) is 0 Å². The molecule has 1 aromatic rings. The lowest BCUT2D eigenvalue weighted by atomic mass is 9.58. The zero-order valence-electron chi connectivity index (χ0n) is 15.1. The number of ether oxygens (including phenoxy) is 1. The van der Waals surface area contributed by atoms with Crippen molar-refractivity contribution in [2.75, 3.05) is 19.0 Å². The molecule has 0 aromatic heterocycles. The molecule has 7 rings (SSSR count). The minimum Gasteiger partial charge on any atom is -0.468 e. The van der Waals surface area contributed by atoms with Crippen molar-refractivity contribution in [3.05, 3.63) is 41.5 Å². The Balaban J connectivity index is 1.65. The predicted molar refractivity (Wildman–Crippen MR) is 96.7 cm³/mol. The molecule has 8 atom stereocenters. The zero-order valence-corrected chi connectivity index (χ0v) is 15.1. The molecule has 136 valence electrons. The first-order valence-electron chi connectivity index (χ1n) is 9.64. The number of nitrogens with one attached hydrogen (secondary N) is 1. The number of para-hydroxylation sites is 1. The highest BCUT2D eigenvalue weighted by Crippen LogP contribution is 2.71. The van der Waals surface area contributed by atoms with Crippen LogP contribution in [0.25, 0.3) is 0 Å². The fraction of sp³-hybridized carbons (Fsp3) is 0.571. The predicted octanol–water partition coefficient (Wildman–Crippen LogP) is 1.68. The zero-order chi connectivity index (χ0) is 17.8. The lowest BCUT2D eigenvalue weighted by Crippen LogP contribution is -2.71. The highest BCUT2D eigenvalue weighted by molar-refractivity contribution is 5.84. The van der Waals surface area contributed by atoms with Crippen LogP contribution < -0.4 is 5.32 Å². The van der Waals surface area contributed by atoms with Crippen molar-refractivity contribution < 1.29 is 14.6 Å². The molecule has 0 amide bonds. The van der Waals surface area contributed by atoms with E-state index < -0.39 is 16.9 Å². The van der Waals surface area contributed by atoms with Gasteiger partial charge in [0.25, 0.3) is 0 Å². The molecule has 1 saturated carbocycles. The maximum Gasteiger partial charge on any atom is 0.316 e. The first-order valence-corrected chi connectivity index (χ1v) is 9.64. The second kappa shape index (κ2) is 4.52. The molecular weight excluding hydrogens is 328 g/mol. The monoisotopic (exact) mass is 352 g/mol. The lowest BCUT2D eigenvalue weighted by Gasteiger charge is -2.60. The Bertz CT molecular complexity index is 867. The van der Waals surface area contributed by atoms with Crippen LogP contribution in [-0.2, 0) is 14.9 Å². The number of allylic oxidation sites excluding steroid dienone is 1. The summed E-state index contributed by atoms with van der Waals surface area (Å²) in [7, 11) is 1.46. The third kappa shape index (κ3) is 1.28. The molecule has 26 heavy (non-hydrogen) atoms. The van der Waals surface area contributed by atoms with Crippen LogP contribution in [0.4, 0.5) is 5.69 Å². The van der Waals surface area contributed by atoms with Gasteiger partial charge in [-0.05, 0) is 31.4 Å². The summed E-state index contributed by atoms with van der Waals surface area (Å²) in [4.78, 5) is 15.7. The van der Waals surface area contributed by atoms with Gasteiger partial charge in [0.15, 0.2) is 0 Å². The van der Waals surface area contributed by atoms with Crippen molar-refractivity contribution in [3.63, 3.8) is 0 Å². The third-order valence-corrected chi connectivity index (χ3v) is 8.30. The molecule has 1 spiro atoms. The van der Waals surface area contributed by atoms with Gasteiger partial charge in [-0.1, -0.05) is 29.8 Å². The summed E-state index contributed by atoms with van der Waals surface area (Å²) in [5.41, 5.74) is 2.34. The Morgan fingerprint density at radius 3 is 3.00 bits per heavy atom. The molecule has 1 aromatic carbocycles. The number of rotatable bonds is 1. The maximum absolute atomic E-state index is 13.2. The third-order valence-electron chi connectivity index (χ3n) is 8.30. The van der Waals surface area contributed by atoms with E-state index in [-0.39, 0.29) is 24.0 Å². The summed E-state index contributed by atoms with van der Waals surface area (Å²) in [5, 5.41) is 15.6. The number of fused-ring (bicyclic) bond motifs is 2. The molecule has 5 heterocycles. The molecule has 5 aliphatic heterocycles. The van der Waals surface area contributed by atoms with Crippen molar-refractivity contribution in [2.24, 2.45) is 11.3 Å². The van der Waals surface area contributed by atoms with Gasteiger partial charge >= 0.3 is 5.97 Å². The molecule has 4 saturated heterocycles. The van der Waals surface area contributed by atoms with Gasteiger partial charge in [-0.15, -0.1) is 0 Å². The number of anilines is 1. The molecule has 5 fully saturated rings. The number of nitrogens with zero attached hydrogens (tertiary/aromatic N) is 1. The smallest absolute Gasteiger partial charge is 0.316 e. The Hall–Kier alpha value is -1.85. The molecule has 5 bridgehead atoms.